The van der Waals surface area contributed by atoms with E-state index in [0.717, 1.165) is 42.0 Å². The normalized spacial score (nSPS) is 17.7. The minimum Gasteiger partial charge on any atom is -0.424 e. The average Bonchev–Trinajstić information content (AvgIpc) is 3.31. The summed E-state index contributed by atoms with van der Waals surface area (Å²) in [6.07, 6.45) is 5.48. The maximum atomic E-state index is 6.16. The van der Waals surface area contributed by atoms with E-state index in [4.69, 9.17) is 25.6 Å². The number of fused-ring (bicyclic) bond motifs is 2. The SMILES string of the molecule is Nc1nc2cc(-c3nc(C4CCCO4)n4ccnc(N)c34)ccc2o1. The van der Waals surface area contributed by atoms with Crippen molar-refractivity contribution in [2.75, 3.05) is 18.1 Å². The second-order valence-electron chi connectivity index (χ2n) is 6.09. The van der Waals surface area contributed by atoms with Crippen LogP contribution in [0.2, 0.25) is 0 Å². The van der Waals surface area contributed by atoms with Gasteiger partial charge in [0.1, 0.15) is 34.5 Å². The summed E-state index contributed by atoms with van der Waals surface area (Å²) in [4.78, 5) is 13.3. The van der Waals surface area contributed by atoms with Gasteiger partial charge in [0.05, 0.1) is 0 Å². The van der Waals surface area contributed by atoms with Crippen molar-refractivity contribution in [2.24, 2.45) is 0 Å². The maximum absolute atomic E-state index is 6.16. The van der Waals surface area contributed by atoms with Gasteiger partial charge in [0.15, 0.2) is 5.58 Å². The number of nitrogens with two attached hydrogens (primary N) is 2. The predicted octanol–water partition coefficient (Wildman–Crippen LogP) is 2.55. The van der Waals surface area contributed by atoms with E-state index in [1.165, 1.54) is 0 Å². The van der Waals surface area contributed by atoms with E-state index in [0.29, 0.717) is 16.9 Å². The molecule has 25 heavy (non-hydrogen) atoms. The Bertz CT molecular complexity index is 1090. The van der Waals surface area contributed by atoms with Gasteiger partial charge in [-0.2, -0.15) is 4.98 Å². The van der Waals surface area contributed by atoms with E-state index in [9.17, 15) is 0 Å². The van der Waals surface area contributed by atoms with Crippen LogP contribution in [0.5, 0.6) is 0 Å². The molecule has 1 atom stereocenters. The third-order valence-electron chi connectivity index (χ3n) is 4.51. The molecule has 8 heteroatoms. The lowest BCUT2D eigenvalue weighted by Crippen LogP contribution is -2.03. The van der Waals surface area contributed by atoms with Crippen LogP contribution in [0.15, 0.2) is 35.0 Å². The summed E-state index contributed by atoms with van der Waals surface area (Å²) in [6.45, 7) is 0.750. The topological polar surface area (TPSA) is 117 Å². The highest BCUT2D eigenvalue weighted by Crippen LogP contribution is 2.35. The Morgan fingerprint density at radius 2 is 2.12 bits per heavy atom. The number of nitrogen functional groups attached to an aromatic ring is 2. The molecule has 0 bridgehead atoms. The molecule has 4 heterocycles. The molecule has 4 N–H and O–H groups in total. The first-order valence-electron chi connectivity index (χ1n) is 8.11. The Hall–Kier alpha value is -3.13. The molecule has 3 aromatic heterocycles. The number of hydrogen-bond donors (Lipinski definition) is 2. The molecule has 8 nitrogen and oxygen atoms in total. The molecule has 0 spiro atoms. The third-order valence-corrected chi connectivity index (χ3v) is 4.51. The van der Waals surface area contributed by atoms with Crippen LogP contribution >= 0.6 is 0 Å². The second-order valence-corrected chi connectivity index (χ2v) is 6.09. The Balaban J connectivity index is 1.76. The molecule has 1 aromatic carbocycles. The van der Waals surface area contributed by atoms with Crippen molar-refractivity contribution in [3.8, 4) is 11.3 Å². The number of benzene rings is 1. The molecule has 1 unspecified atom stereocenters. The predicted molar refractivity (Wildman–Crippen MR) is 92.7 cm³/mol. The summed E-state index contributed by atoms with van der Waals surface area (Å²) in [7, 11) is 0. The van der Waals surface area contributed by atoms with E-state index in [1.54, 1.807) is 6.20 Å². The summed E-state index contributed by atoms with van der Waals surface area (Å²) in [5.74, 6) is 1.27. The average molecular weight is 336 g/mol. The van der Waals surface area contributed by atoms with Crippen molar-refractivity contribution in [3.05, 3.63) is 36.4 Å². The van der Waals surface area contributed by atoms with Crippen LogP contribution < -0.4 is 11.5 Å². The van der Waals surface area contributed by atoms with Gasteiger partial charge in [-0.1, -0.05) is 0 Å². The second kappa shape index (κ2) is 5.18. The number of ether oxygens (including phenoxy) is 1. The number of hydrogen-bond acceptors (Lipinski definition) is 7. The lowest BCUT2D eigenvalue weighted by atomic mass is 10.1. The number of imidazole rings is 1. The van der Waals surface area contributed by atoms with Gasteiger partial charge in [-0.25, -0.2) is 9.97 Å². The van der Waals surface area contributed by atoms with Crippen LogP contribution in [-0.2, 0) is 4.74 Å². The van der Waals surface area contributed by atoms with Crippen molar-refractivity contribution in [3.63, 3.8) is 0 Å². The van der Waals surface area contributed by atoms with Gasteiger partial charge in [-0.15, -0.1) is 0 Å². The molecule has 1 saturated heterocycles. The zero-order valence-electron chi connectivity index (χ0n) is 13.3. The summed E-state index contributed by atoms with van der Waals surface area (Å²) >= 11 is 0. The molecule has 0 amide bonds. The summed E-state index contributed by atoms with van der Waals surface area (Å²) in [6, 6.07) is 5.78. The van der Waals surface area contributed by atoms with Crippen LogP contribution in [0, 0.1) is 0 Å². The van der Waals surface area contributed by atoms with Crippen molar-refractivity contribution in [2.45, 2.75) is 18.9 Å². The molecular weight excluding hydrogens is 320 g/mol. The fourth-order valence-electron chi connectivity index (χ4n) is 3.39. The first-order chi connectivity index (χ1) is 12.2. The highest BCUT2D eigenvalue weighted by molar-refractivity contribution is 5.89. The molecule has 1 aliphatic rings. The molecule has 126 valence electrons. The number of oxazole rings is 1. The zero-order valence-corrected chi connectivity index (χ0v) is 13.3. The highest BCUT2D eigenvalue weighted by atomic mass is 16.5. The van der Waals surface area contributed by atoms with E-state index in [-0.39, 0.29) is 12.1 Å². The van der Waals surface area contributed by atoms with Crippen LogP contribution in [0.25, 0.3) is 27.9 Å². The fourth-order valence-corrected chi connectivity index (χ4v) is 3.39. The maximum Gasteiger partial charge on any atom is 0.292 e. The van der Waals surface area contributed by atoms with Gasteiger partial charge < -0.3 is 20.6 Å². The van der Waals surface area contributed by atoms with Crippen molar-refractivity contribution >= 4 is 28.4 Å². The molecular formula is C17H16N6O2. The van der Waals surface area contributed by atoms with Gasteiger partial charge in [0.2, 0.25) is 0 Å². The number of nitrogens with zero attached hydrogens (tertiary/aromatic N) is 4. The first-order valence-corrected chi connectivity index (χ1v) is 8.11. The smallest absolute Gasteiger partial charge is 0.292 e. The first kappa shape index (κ1) is 14.2. The Kier molecular flexibility index (Phi) is 2.95. The standard InChI is InChI=1S/C17H16N6O2/c18-15-14-13(9-3-4-11-10(8-9)21-17(19)25-11)22-16(12-2-1-7-24-12)23(14)6-5-20-15/h3-6,8,12H,1-2,7H2,(H2,18,20)(H2,19,21). The van der Waals surface area contributed by atoms with Crippen LogP contribution in [0.3, 0.4) is 0 Å². The van der Waals surface area contributed by atoms with Crippen LogP contribution in [0.1, 0.15) is 24.8 Å². The summed E-state index contributed by atoms with van der Waals surface area (Å²) < 4.78 is 13.1. The Morgan fingerprint density at radius 1 is 1.20 bits per heavy atom. The van der Waals surface area contributed by atoms with Gasteiger partial charge in [0, 0.05) is 24.6 Å². The Morgan fingerprint density at radius 3 is 2.96 bits per heavy atom. The molecule has 1 fully saturated rings. The van der Waals surface area contributed by atoms with E-state index in [1.807, 2.05) is 28.8 Å². The van der Waals surface area contributed by atoms with Crippen molar-refractivity contribution in [1.29, 1.82) is 0 Å². The zero-order chi connectivity index (χ0) is 17.0. The number of aromatic nitrogens is 4. The van der Waals surface area contributed by atoms with Crippen molar-refractivity contribution in [1.82, 2.24) is 19.4 Å². The quantitative estimate of drug-likeness (QED) is 0.577. The molecule has 4 aromatic rings. The number of anilines is 2. The Labute approximate surface area is 142 Å². The minimum atomic E-state index is -0.0329. The molecule has 0 radical (unpaired) electrons. The summed E-state index contributed by atoms with van der Waals surface area (Å²) in [5.41, 5.74) is 15.5. The lowest BCUT2D eigenvalue weighted by Gasteiger charge is -2.07. The van der Waals surface area contributed by atoms with Crippen LogP contribution in [-0.4, -0.2) is 26.0 Å². The molecule has 1 aliphatic heterocycles. The molecule has 0 aliphatic carbocycles. The minimum absolute atomic E-state index is 0.0329. The van der Waals surface area contributed by atoms with Crippen molar-refractivity contribution < 1.29 is 9.15 Å². The highest BCUT2D eigenvalue weighted by Gasteiger charge is 2.26. The van der Waals surface area contributed by atoms with Crippen LogP contribution in [0.4, 0.5) is 11.8 Å². The lowest BCUT2D eigenvalue weighted by molar-refractivity contribution is 0.104. The number of rotatable bonds is 2. The van der Waals surface area contributed by atoms with E-state index >= 15 is 0 Å². The fraction of sp³-hybridized carbons (Fsp3) is 0.235. The van der Waals surface area contributed by atoms with E-state index in [2.05, 4.69) is 9.97 Å². The van der Waals surface area contributed by atoms with Gasteiger partial charge in [-0.3, -0.25) is 4.40 Å². The van der Waals surface area contributed by atoms with E-state index < -0.39 is 0 Å². The molecule has 0 saturated carbocycles. The monoisotopic (exact) mass is 336 g/mol. The molecule has 5 rings (SSSR count). The largest absolute Gasteiger partial charge is 0.424 e. The van der Waals surface area contributed by atoms with Gasteiger partial charge in [0.25, 0.3) is 6.01 Å². The third kappa shape index (κ3) is 2.14. The van der Waals surface area contributed by atoms with Gasteiger partial charge >= 0.3 is 0 Å². The summed E-state index contributed by atoms with van der Waals surface area (Å²) in [5, 5.41) is 0. The van der Waals surface area contributed by atoms with Gasteiger partial charge in [-0.05, 0) is 31.0 Å².